The summed E-state index contributed by atoms with van der Waals surface area (Å²) in [6.45, 7) is 6.60. The number of amides is 1. The van der Waals surface area contributed by atoms with Crippen LogP contribution in [0.4, 0.5) is 0 Å². The number of piperidine rings is 1. The van der Waals surface area contributed by atoms with Crippen molar-refractivity contribution in [1.29, 1.82) is 0 Å². The molecule has 0 aromatic rings. The SMILES string of the molecule is C[C@@H]1CCCN(C(=O)CN2CCN(S(C)(=O)=O)CC2)C1. The van der Waals surface area contributed by atoms with Gasteiger partial charge in [-0.15, -0.1) is 0 Å². The zero-order valence-corrected chi connectivity index (χ0v) is 13.2. The molecular formula is C13H25N3O3S. The summed E-state index contributed by atoms with van der Waals surface area (Å²) in [5.74, 6) is 0.777. The molecule has 2 rings (SSSR count). The van der Waals surface area contributed by atoms with Crippen molar-refractivity contribution in [2.24, 2.45) is 5.92 Å². The maximum atomic E-state index is 12.2. The Morgan fingerprint density at radius 3 is 2.35 bits per heavy atom. The lowest BCUT2D eigenvalue weighted by atomic mass is 10.0. The molecule has 0 bridgehead atoms. The molecule has 2 fully saturated rings. The maximum Gasteiger partial charge on any atom is 0.236 e. The highest BCUT2D eigenvalue weighted by Gasteiger charge is 2.27. The van der Waals surface area contributed by atoms with E-state index in [1.807, 2.05) is 4.90 Å². The van der Waals surface area contributed by atoms with Crippen LogP contribution in [0.25, 0.3) is 0 Å². The molecule has 0 saturated carbocycles. The van der Waals surface area contributed by atoms with Crippen LogP contribution < -0.4 is 0 Å². The standard InChI is InChI=1S/C13H25N3O3S/c1-12-4-3-5-15(10-12)13(17)11-14-6-8-16(9-7-14)20(2,18)19/h12H,3-11H2,1-2H3/t12-/m1/s1. The first kappa shape index (κ1) is 15.7. The predicted molar refractivity (Wildman–Crippen MR) is 77.8 cm³/mol. The fourth-order valence-electron chi connectivity index (χ4n) is 2.93. The molecule has 0 aromatic carbocycles. The monoisotopic (exact) mass is 303 g/mol. The Kier molecular flexibility index (Phi) is 5.04. The summed E-state index contributed by atoms with van der Waals surface area (Å²) in [4.78, 5) is 16.3. The molecule has 116 valence electrons. The van der Waals surface area contributed by atoms with Crippen LogP contribution in [0.3, 0.4) is 0 Å². The Balaban J connectivity index is 1.79. The van der Waals surface area contributed by atoms with Crippen molar-refractivity contribution < 1.29 is 13.2 Å². The fraction of sp³-hybridized carbons (Fsp3) is 0.923. The zero-order chi connectivity index (χ0) is 14.8. The Hall–Kier alpha value is -0.660. The van der Waals surface area contributed by atoms with Gasteiger partial charge in [0.05, 0.1) is 12.8 Å². The molecule has 2 aliphatic rings. The van der Waals surface area contributed by atoms with Crippen LogP contribution in [-0.4, -0.2) is 80.5 Å². The summed E-state index contributed by atoms with van der Waals surface area (Å²) in [6.07, 6.45) is 3.54. The van der Waals surface area contributed by atoms with Gasteiger partial charge in [-0.2, -0.15) is 4.31 Å². The number of likely N-dealkylation sites (tertiary alicyclic amines) is 1. The second kappa shape index (κ2) is 6.41. The first-order valence-electron chi connectivity index (χ1n) is 7.31. The molecule has 7 heteroatoms. The van der Waals surface area contributed by atoms with E-state index in [2.05, 4.69) is 11.8 Å². The van der Waals surface area contributed by atoms with Crippen molar-refractivity contribution in [2.45, 2.75) is 19.8 Å². The average Bonchev–Trinajstić information content (AvgIpc) is 2.38. The molecule has 20 heavy (non-hydrogen) atoms. The van der Waals surface area contributed by atoms with E-state index in [1.165, 1.54) is 17.0 Å². The quantitative estimate of drug-likeness (QED) is 0.726. The number of hydrogen-bond donors (Lipinski definition) is 0. The number of piperazine rings is 1. The minimum absolute atomic E-state index is 0.185. The van der Waals surface area contributed by atoms with Gasteiger partial charge in [-0.25, -0.2) is 8.42 Å². The smallest absolute Gasteiger partial charge is 0.236 e. The summed E-state index contributed by atoms with van der Waals surface area (Å²) in [6, 6.07) is 0. The molecule has 0 unspecified atom stereocenters. The van der Waals surface area contributed by atoms with Crippen LogP contribution in [0.1, 0.15) is 19.8 Å². The van der Waals surface area contributed by atoms with Gasteiger partial charge in [0.15, 0.2) is 0 Å². The molecule has 2 saturated heterocycles. The zero-order valence-electron chi connectivity index (χ0n) is 12.4. The third-order valence-electron chi connectivity index (χ3n) is 4.17. The first-order valence-corrected chi connectivity index (χ1v) is 9.16. The minimum atomic E-state index is -3.09. The molecular weight excluding hydrogens is 278 g/mol. The summed E-state index contributed by atoms with van der Waals surface area (Å²) in [7, 11) is -3.09. The molecule has 2 heterocycles. The van der Waals surface area contributed by atoms with Gasteiger partial charge in [-0.05, 0) is 18.8 Å². The van der Waals surface area contributed by atoms with Crippen molar-refractivity contribution >= 4 is 15.9 Å². The molecule has 0 aliphatic carbocycles. The Morgan fingerprint density at radius 2 is 1.80 bits per heavy atom. The third-order valence-corrected chi connectivity index (χ3v) is 5.47. The van der Waals surface area contributed by atoms with E-state index in [-0.39, 0.29) is 5.91 Å². The van der Waals surface area contributed by atoms with Gasteiger partial charge in [0, 0.05) is 39.3 Å². The summed E-state index contributed by atoms with van der Waals surface area (Å²) in [5.41, 5.74) is 0. The van der Waals surface area contributed by atoms with Gasteiger partial charge >= 0.3 is 0 Å². The third kappa shape index (κ3) is 4.17. The van der Waals surface area contributed by atoms with Crippen molar-refractivity contribution in [2.75, 3.05) is 52.1 Å². The van der Waals surface area contributed by atoms with E-state index >= 15 is 0 Å². The van der Waals surface area contributed by atoms with Crippen LogP contribution in [0.5, 0.6) is 0 Å². The predicted octanol–water partition coefficient (Wildman–Crippen LogP) is -0.178. The van der Waals surface area contributed by atoms with Crippen LogP contribution in [0.15, 0.2) is 0 Å². The van der Waals surface area contributed by atoms with Crippen molar-refractivity contribution in [1.82, 2.24) is 14.1 Å². The van der Waals surface area contributed by atoms with Crippen molar-refractivity contribution in [3.63, 3.8) is 0 Å². The number of hydrogen-bond acceptors (Lipinski definition) is 4. The lowest BCUT2D eigenvalue weighted by molar-refractivity contribution is -0.134. The van der Waals surface area contributed by atoms with E-state index in [9.17, 15) is 13.2 Å². The molecule has 0 N–H and O–H groups in total. The van der Waals surface area contributed by atoms with E-state index in [0.29, 0.717) is 38.6 Å². The van der Waals surface area contributed by atoms with Crippen LogP contribution in [0, 0.1) is 5.92 Å². The molecule has 1 atom stereocenters. The largest absolute Gasteiger partial charge is 0.341 e. The van der Waals surface area contributed by atoms with Crippen molar-refractivity contribution in [3.8, 4) is 0 Å². The first-order chi connectivity index (χ1) is 9.36. The number of sulfonamides is 1. The Bertz CT molecular complexity index is 444. The summed E-state index contributed by atoms with van der Waals surface area (Å²) >= 11 is 0. The van der Waals surface area contributed by atoms with Crippen LogP contribution in [-0.2, 0) is 14.8 Å². The average molecular weight is 303 g/mol. The van der Waals surface area contributed by atoms with Crippen LogP contribution in [0.2, 0.25) is 0 Å². The summed E-state index contributed by atoms with van der Waals surface area (Å²) < 4.78 is 24.3. The Morgan fingerprint density at radius 1 is 1.15 bits per heavy atom. The van der Waals surface area contributed by atoms with Gasteiger partial charge < -0.3 is 4.90 Å². The number of carbonyl (C=O) groups is 1. The topological polar surface area (TPSA) is 60.9 Å². The number of nitrogens with zero attached hydrogens (tertiary/aromatic N) is 3. The van der Waals surface area contributed by atoms with Gasteiger partial charge in [0.1, 0.15) is 0 Å². The van der Waals surface area contributed by atoms with Gasteiger partial charge in [0.2, 0.25) is 15.9 Å². The van der Waals surface area contributed by atoms with Crippen LogP contribution >= 0.6 is 0 Å². The van der Waals surface area contributed by atoms with E-state index < -0.39 is 10.0 Å². The summed E-state index contributed by atoms with van der Waals surface area (Å²) in [5, 5.41) is 0. The van der Waals surface area contributed by atoms with E-state index in [4.69, 9.17) is 0 Å². The van der Waals surface area contributed by atoms with E-state index in [0.717, 1.165) is 19.5 Å². The molecule has 0 aromatic heterocycles. The molecule has 2 aliphatic heterocycles. The van der Waals surface area contributed by atoms with E-state index in [1.54, 1.807) is 0 Å². The van der Waals surface area contributed by atoms with Crippen molar-refractivity contribution in [3.05, 3.63) is 0 Å². The second-order valence-corrected chi connectivity index (χ2v) is 8.01. The maximum absolute atomic E-state index is 12.2. The number of carbonyl (C=O) groups excluding carboxylic acids is 1. The number of rotatable bonds is 3. The molecule has 0 radical (unpaired) electrons. The van der Waals surface area contributed by atoms with Gasteiger partial charge in [-0.3, -0.25) is 9.69 Å². The highest BCUT2D eigenvalue weighted by atomic mass is 32.2. The minimum Gasteiger partial charge on any atom is -0.341 e. The van der Waals surface area contributed by atoms with Gasteiger partial charge in [0.25, 0.3) is 0 Å². The normalized spacial score (nSPS) is 26.7. The second-order valence-electron chi connectivity index (χ2n) is 6.03. The highest BCUT2D eigenvalue weighted by molar-refractivity contribution is 7.88. The highest BCUT2D eigenvalue weighted by Crippen LogP contribution is 2.16. The van der Waals surface area contributed by atoms with Gasteiger partial charge in [-0.1, -0.05) is 6.92 Å². The fourth-order valence-corrected chi connectivity index (χ4v) is 3.75. The molecule has 6 nitrogen and oxygen atoms in total. The lowest BCUT2D eigenvalue weighted by Crippen LogP contribution is -2.52. The molecule has 0 spiro atoms. The lowest BCUT2D eigenvalue weighted by Gasteiger charge is -2.36. The molecule has 1 amide bonds. The Labute approximate surface area is 121 Å².